The largest absolute Gasteiger partial charge is 0.370 e. The van der Waals surface area contributed by atoms with E-state index in [9.17, 15) is 0 Å². The molecule has 0 unspecified atom stereocenters. The number of aliphatic imine (C=N–C) groups is 1. The molecule has 13 heavy (non-hydrogen) atoms. The maximum absolute atomic E-state index is 5.75. The van der Waals surface area contributed by atoms with E-state index in [1.165, 1.54) is 0 Å². The molecule has 3 nitrogen and oxygen atoms in total. The molecule has 0 fully saturated rings. The molecule has 0 aromatic heterocycles. The van der Waals surface area contributed by atoms with Gasteiger partial charge in [0.05, 0.1) is 0 Å². The summed E-state index contributed by atoms with van der Waals surface area (Å²) in [7, 11) is 1.92. The highest BCUT2D eigenvalue weighted by Gasteiger charge is 2.04. The Bertz CT molecular complexity index is 226. The van der Waals surface area contributed by atoms with Crippen LogP contribution in [0.25, 0.3) is 0 Å². The van der Waals surface area contributed by atoms with E-state index in [4.69, 9.17) is 5.73 Å². The Balaban J connectivity index is 4.48. The van der Waals surface area contributed by atoms with Crippen molar-refractivity contribution in [2.45, 2.75) is 26.8 Å². The number of allylic oxidation sites excluding steroid dienone is 3. The summed E-state index contributed by atoms with van der Waals surface area (Å²) in [6, 6.07) is 0.361. The summed E-state index contributed by atoms with van der Waals surface area (Å²) >= 11 is 0. The Morgan fingerprint density at radius 1 is 1.54 bits per heavy atom. The van der Waals surface area contributed by atoms with Crippen molar-refractivity contribution < 1.29 is 0 Å². The lowest BCUT2D eigenvalue weighted by Crippen LogP contribution is -2.38. The first kappa shape index (κ1) is 11.8. The van der Waals surface area contributed by atoms with Crippen molar-refractivity contribution in [3.8, 4) is 0 Å². The molecule has 0 atom stereocenters. The third-order valence-corrected chi connectivity index (χ3v) is 1.79. The first-order valence-corrected chi connectivity index (χ1v) is 4.35. The molecule has 0 rings (SSSR count). The van der Waals surface area contributed by atoms with Crippen LogP contribution in [0.5, 0.6) is 0 Å². The van der Waals surface area contributed by atoms with Crippen molar-refractivity contribution in [2.24, 2.45) is 10.7 Å². The zero-order valence-corrected chi connectivity index (χ0v) is 8.91. The highest BCUT2D eigenvalue weighted by atomic mass is 15.2. The van der Waals surface area contributed by atoms with Crippen LogP contribution in [0.15, 0.2) is 29.4 Å². The van der Waals surface area contributed by atoms with Gasteiger partial charge >= 0.3 is 0 Å². The lowest BCUT2D eigenvalue weighted by Gasteiger charge is -2.22. The maximum atomic E-state index is 5.75. The summed E-state index contributed by atoms with van der Waals surface area (Å²) in [5.74, 6) is 0.533. The highest BCUT2D eigenvalue weighted by Crippen LogP contribution is 1.98. The van der Waals surface area contributed by atoms with Gasteiger partial charge in [0.15, 0.2) is 5.96 Å². The average Bonchev–Trinajstić information content (AvgIpc) is 2.03. The van der Waals surface area contributed by atoms with Crippen molar-refractivity contribution >= 4 is 5.96 Å². The molecule has 0 bridgehead atoms. The number of guanidine groups is 1. The fraction of sp³-hybridized carbons (Fsp3) is 0.500. The molecule has 0 heterocycles. The van der Waals surface area contributed by atoms with Gasteiger partial charge in [0, 0.05) is 18.8 Å². The van der Waals surface area contributed by atoms with Gasteiger partial charge in [-0.05, 0) is 26.8 Å². The Morgan fingerprint density at radius 2 is 2.08 bits per heavy atom. The van der Waals surface area contributed by atoms with Crippen LogP contribution >= 0.6 is 0 Å². The molecule has 0 radical (unpaired) electrons. The van der Waals surface area contributed by atoms with E-state index < -0.39 is 0 Å². The second-order valence-corrected chi connectivity index (χ2v) is 3.22. The molecule has 0 aliphatic rings. The van der Waals surface area contributed by atoms with Crippen LogP contribution in [-0.2, 0) is 0 Å². The molecule has 0 spiro atoms. The summed E-state index contributed by atoms with van der Waals surface area (Å²) in [5, 5.41) is 0. The minimum absolute atomic E-state index is 0.361. The predicted octanol–water partition coefficient (Wildman–Crippen LogP) is 1.73. The first-order valence-electron chi connectivity index (χ1n) is 4.35. The molecule has 0 saturated heterocycles. The van der Waals surface area contributed by atoms with Gasteiger partial charge in [0.25, 0.3) is 0 Å². The molecule has 0 aromatic rings. The van der Waals surface area contributed by atoms with Crippen LogP contribution in [0, 0.1) is 0 Å². The molecule has 0 aromatic carbocycles. The van der Waals surface area contributed by atoms with E-state index in [0.29, 0.717) is 12.0 Å². The number of nitrogens with two attached hydrogens (primary N) is 1. The second kappa shape index (κ2) is 5.41. The molecule has 0 aliphatic carbocycles. The van der Waals surface area contributed by atoms with Crippen LogP contribution in [0.2, 0.25) is 0 Å². The van der Waals surface area contributed by atoms with Gasteiger partial charge in [-0.3, -0.25) is 0 Å². The summed E-state index contributed by atoms with van der Waals surface area (Å²) in [6.45, 7) is 9.61. The van der Waals surface area contributed by atoms with Crippen molar-refractivity contribution in [1.82, 2.24) is 4.90 Å². The number of hydrogen-bond acceptors (Lipinski definition) is 1. The molecule has 2 N–H and O–H groups in total. The number of hydrogen-bond donors (Lipinski definition) is 1. The van der Waals surface area contributed by atoms with Crippen molar-refractivity contribution in [1.29, 1.82) is 0 Å². The molecule has 0 saturated carbocycles. The van der Waals surface area contributed by atoms with E-state index in [2.05, 4.69) is 25.4 Å². The molecule has 0 amide bonds. The third-order valence-electron chi connectivity index (χ3n) is 1.79. The van der Waals surface area contributed by atoms with E-state index >= 15 is 0 Å². The first-order chi connectivity index (χ1) is 5.99. The normalized spacial score (nSPS) is 13.3. The lowest BCUT2D eigenvalue weighted by molar-refractivity contribution is 0.412. The second-order valence-electron chi connectivity index (χ2n) is 3.22. The molecular weight excluding hydrogens is 162 g/mol. The maximum Gasteiger partial charge on any atom is 0.196 e. The van der Waals surface area contributed by atoms with Gasteiger partial charge in [0.1, 0.15) is 0 Å². The van der Waals surface area contributed by atoms with Crippen molar-refractivity contribution in [3.63, 3.8) is 0 Å². The summed E-state index contributed by atoms with van der Waals surface area (Å²) < 4.78 is 0. The van der Waals surface area contributed by atoms with Gasteiger partial charge in [-0.1, -0.05) is 12.7 Å². The highest BCUT2D eigenvalue weighted by molar-refractivity contribution is 5.79. The zero-order chi connectivity index (χ0) is 10.4. The Kier molecular flexibility index (Phi) is 4.89. The molecular formula is C10H19N3. The van der Waals surface area contributed by atoms with Gasteiger partial charge in [-0.25, -0.2) is 4.99 Å². The monoisotopic (exact) mass is 181 g/mol. The van der Waals surface area contributed by atoms with Gasteiger partial charge in [-0.2, -0.15) is 0 Å². The summed E-state index contributed by atoms with van der Waals surface area (Å²) in [6.07, 6.45) is 3.52. The molecule has 3 heteroatoms. The van der Waals surface area contributed by atoms with Crippen LogP contribution in [0.1, 0.15) is 20.8 Å². The topological polar surface area (TPSA) is 41.6 Å². The minimum atomic E-state index is 0.361. The van der Waals surface area contributed by atoms with Gasteiger partial charge < -0.3 is 10.6 Å². The van der Waals surface area contributed by atoms with E-state index in [-0.39, 0.29) is 0 Å². The predicted molar refractivity (Wildman–Crippen MR) is 58.5 cm³/mol. The smallest absolute Gasteiger partial charge is 0.196 e. The standard InChI is InChI=1S/C10H19N3/c1-6-7-9(4)12-10(11)13(5)8(2)3/h6-8H,1H2,2-5H3,(H2,11,12)/b9-7-. The SMILES string of the molecule is C=C/C=C(/C)N=C(N)N(C)C(C)C. The minimum Gasteiger partial charge on any atom is -0.370 e. The van der Waals surface area contributed by atoms with Gasteiger partial charge in [-0.15, -0.1) is 0 Å². The van der Waals surface area contributed by atoms with E-state index in [1.54, 1.807) is 6.08 Å². The van der Waals surface area contributed by atoms with E-state index in [1.807, 2.05) is 24.9 Å². The summed E-state index contributed by atoms with van der Waals surface area (Å²) in [4.78, 5) is 6.12. The number of rotatable bonds is 3. The van der Waals surface area contributed by atoms with Crippen molar-refractivity contribution in [2.75, 3.05) is 7.05 Å². The van der Waals surface area contributed by atoms with Crippen LogP contribution in [0.4, 0.5) is 0 Å². The Morgan fingerprint density at radius 3 is 2.46 bits per heavy atom. The van der Waals surface area contributed by atoms with Crippen molar-refractivity contribution in [3.05, 3.63) is 24.4 Å². The number of nitrogens with zero attached hydrogens (tertiary/aromatic N) is 2. The lowest BCUT2D eigenvalue weighted by atomic mass is 10.3. The van der Waals surface area contributed by atoms with E-state index in [0.717, 1.165) is 5.70 Å². The van der Waals surface area contributed by atoms with Crippen LogP contribution in [-0.4, -0.2) is 23.9 Å². The third kappa shape index (κ3) is 4.35. The van der Waals surface area contributed by atoms with Crippen LogP contribution in [0.3, 0.4) is 0 Å². The average molecular weight is 181 g/mol. The zero-order valence-electron chi connectivity index (χ0n) is 8.91. The Labute approximate surface area is 80.6 Å². The summed E-state index contributed by atoms with van der Waals surface area (Å²) in [5.41, 5.74) is 6.61. The van der Waals surface area contributed by atoms with Crippen LogP contribution < -0.4 is 5.73 Å². The fourth-order valence-electron chi connectivity index (χ4n) is 0.732. The van der Waals surface area contributed by atoms with Gasteiger partial charge in [0.2, 0.25) is 0 Å². The fourth-order valence-corrected chi connectivity index (χ4v) is 0.732. The Hall–Kier alpha value is -1.25. The quantitative estimate of drug-likeness (QED) is 0.409. The molecule has 0 aliphatic heterocycles. The molecule has 74 valence electrons.